The smallest absolute Gasteiger partial charge is 0.233 e. The number of hydrogen-bond donors (Lipinski definition) is 0. The molecule has 0 bridgehead atoms. The predicted octanol–water partition coefficient (Wildman–Crippen LogP) is -0.451. The second-order valence-corrected chi connectivity index (χ2v) is 4.84. The Kier molecular flexibility index (Phi) is 3.95. The molecule has 0 N–H and O–H groups in total. The van der Waals surface area contributed by atoms with Crippen LogP contribution in [0.4, 0.5) is 0 Å². The minimum atomic E-state index is 0.105. The van der Waals surface area contributed by atoms with Gasteiger partial charge in [-0.1, -0.05) is 11.8 Å². The highest BCUT2D eigenvalue weighted by Crippen LogP contribution is 2.14. The molecule has 94 valence electrons. The third-order valence-electron chi connectivity index (χ3n) is 2.50. The molecule has 1 aliphatic heterocycles. The normalized spacial score (nSPS) is 20.6. The van der Waals surface area contributed by atoms with E-state index < -0.39 is 0 Å². The molecule has 1 aromatic rings. The van der Waals surface area contributed by atoms with Crippen molar-refractivity contribution >= 4 is 17.7 Å². The summed E-state index contributed by atoms with van der Waals surface area (Å²) in [5.41, 5.74) is 0. The zero-order chi connectivity index (χ0) is 12.3. The van der Waals surface area contributed by atoms with Gasteiger partial charge >= 0.3 is 0 Å². The van der Waals surface area contributed by atoms with Gasteiger partial charge in [0.1, 0.15) is 0 Å². The maximum atomic E-state index is 11.9. The molecule has 1 atom stereocenters. The molecular formula is C9H15N5O2S. The van der Waals surface area contributed by atoms with E-state index in [9.17, 15) is 4.79 Å². The zero-order valence-corrected chi connectivity index (χ0v) is 10.7. The number of ether oxygens (including phenoxy) is 1. The number of nitrogens with zero attached hydrogens (tertiary/aromatic N) is 5. The molecule has 7 nitrogen and oxygen atoms in total. The van der Waals surface area contributed by atoms with Crippen LogP contribution in [0.15, 0.2) is 5.16 Å². The number of morpholine rings is 1. The molecule has 1 aromatic heterocycles. The third kappa shape index (κ3) is 3.16. The Labute approximate surface area is 103 Å². The number of aromatic nitrogens is 4. The number of thioether (sulfide) groups is 1. The summed E-state index contributed by atoms with van der Waals surface area (Å²) >= 11 is 1.35. The fraction of sp³-hybridized carbons (Fsp3) is 0.778. The van der Waals surface area contributed by atoms with Crippen molar-refractivity contribution in [3.63, 3.8) is 0 Å². The van der Waals surface area contributed by atoms with E-state index in [0.29, 0.717) is 30.6 Å². The van der Waals surface area contributed by atoms with Crippen molar-refractivity contribution < 1.29 is 9.53 Å². The first kappa shape index (κ1) is 12.3. The number of amides is 1. The van der Waals surface area contributed by atoms with E-state index in [1.54, 1.807) is 11.7 Å². The summed E-state index contributed by atoms with van der Waals surface area (Å²) in [7, 11) is 1.75. The average Bonchev–Trinajstić information content (AvgIpc) is 2.72. The summed E-state index contributed by atoms with van der Waals surface area (Å²) in [6, 6.07) is 0. The van der Waals surface area contributed by atoms with Gasteiger partial charge in [0.05, 0.1) is 18.5 Å². The standard InChI is InChI=1S/C9H15N5O2S/c1-7-5-14(3-4-16-7)8(15)6-17-9-10-11-12-13(9)2/h7H,3-6H2,1-2H3/t7-/m0/s1. The Morgan fingerprint density at radius 1 is 1.65 bits per heavy atom. The van der Waals surface area contributed by atoms with E-state index in [1.165, 1.54) is 11.8 Å². The van der Waals surface area contributed by atoms with Gasteiger partial charge in [-0.3, -0.25) is 4.79 Å². The maximum absolute atomic E-state index is 11.9. The molecule has 17 heavy (non-hydrogen) atoms. The first-order chi connectivity index (χ1) is 8.16. The molecule has 0 aromatic carbocycles. The Morgan fingerprint density at radius 3 is 3.12 bits per heavy atom. The second kappa shape index (κ2) is 5.46. The summed E-state index contributed by atoms with van der Waals surface area (Å²) in [6.45, 7) is 3.92. The van der Waals surface area contributed by atoms with Gasteiger partial charge in [-0.25, -0.2) is 4.68 Å². The molecule has 0 unspecified atom stereocenters. The molecule has 0 saturated carbocycles. The largest absolute Gasteiger partial charge is 0.375 e. The number of aryl methyl sites for hydroxylation is 1. The monoisotopic (exact) mass is 257 g/mol. The minimum absolute atomic E-state index is 0.105. The maximum Gasteiger partial charge on any atom is 0.233 e. The zero-order valence-electron chi connectivity index (χ0n) is 9.87. The fourth-order valence-electron chi connectivity index (χ4n) is 1.61. The van der Waals surface area contributed by atoms with E-state index in [4.69, 9.17) is 4.74 Å². The summed E-state index contributed by atoms with van der Waals surface area (Å²) in [4.78, 5) is 13.7. The van der Waals surface area contributed by atoms with Gasteiger partial charge in [-0.05, 0) is 17.4 Å². The van der Waals surface area contributed by atoms with Crippen molar-refractivity contribution in [2.75, 3.05) is 25.4 Å². The first-order valence-electron chi connectivity index (χ1n) is 5.41. The van der Waals surface area contributed by atoms with Crippen LogP contribution in [0, 0.1) is 0 Å². The summed E-state index contributed by atoms with van der Waals surface area (Å²) in [6.07, 6.45) is 0.120. The minimum Gasteiger partial charge on any atom is -0.375 e. The lowest BCUT2D eigenvalue weighted by molar-refractivity contribution is -0.135. The van der Waals surface area contributed by atoms with Crippen LogP contribution in [0.5, 0.6) is 0 Å². The Bertz CT molecular complexity index is 396. The predicted molar refractivity (Wildman–Crippen MR) is 61.5 cm³/mol. The highest BCUT2D eigenvalue weighted by molar-refractivity contribution is 7.99. The van der Waals surface area contributed by atoms with Gasteiger partial charge < -0.3 is 9.64 Å². The van der Waals surface area contributed by atoms with Crippen LogP contribution in [0.3, 0.4) is 0 Å². The fourth-order valence-corrected chi connectivity index (χ4v) is 2.36. The van der Waals surface area contributed by atoms with Gasteiger partial charge in [0.2, 0.25) is 11.1 Å². The van der Waals surface area contributed by atoms with Crippen LogP contribution in [0.2, 0.25) is 0 Å². The quantitative estimate of drug-likeness (QED) is 0.683. The van der Waals surface area contributed by atoms with Crippen LogP contribution in [0.25, 0.3) is 0 Å². The molecule has 2 heterocycles. The molecular weight excluding hydrogens is 242 g/mol. The third-order valence-corrected chi connectivity index (χ3v) is 3.50. The number of rotatable bonds is 3. The van der Waals surface area contributed by atoms with Crippen LogP contribution in [0.1, 0.15) is 6.92 Å². The number of hydrogen-bond acceptors (Lipinski definition) is 6. The Balaban J connectivity index is 1.83. The lowest BCUT2D eigenvalue weighted by atomic mass is 10.3. The summed E-state index contributed by atoms with van der Waals surface area (Å²) < 4.78 is 6.95. The van der Waals surface area contributed by atoms with Gasteiger partial charge in [-0.2, -0.15) is 0 Å². The average molecular weight is 257 g/mol. The van der Waals surface area contributed by atoms with E-state index in [0.717, 1.165) is 0 Å². The molecule has 1 fully saturated rings. The van der Waals surface area contributed by atoms with Crippen LogP contribution < -0.4 is 0 Å². The SMILES string of the molecule is C[C@H]1CN(C(=O)CSc2nnnn2C)CCO1. The highest BCUT2D eigenvalue weighted by atomic mass is 32.2. The number of tetrazole rings is 1. The lowest BCUT2D eigenvalue weighted by Gasteiger charge is -2.31. The first-order valence-corrected chi connectivity index (χ1v) is 6.40. The summed E-state index contributed by atoms with van der Waals surface area (Å²) in [5, 5.41) is 11.7. The molecule has 0 spiro atoms. The number of carbonyl (C=O) groups excluding carboxylic acids is 1. The van der Waals surface area contributed by atoms with Crippen molar-refractivity contribution in [3.05, 3.63) is 0 Å². The molecule has 0 aliphatic carbocycles. The van der Waals surface area contributed by atoms with Crippen molar-refractivity contribution in [3.8, 4) is 0 Å². The van der Waals surface area contributed by atoms with E-state index >= 15 is 0 Å². The lowest BCUT2D eigenvalue weighted by Crippen LogP contribution is -2.45. The van der Waals surface area contributed by atoms with Crippen molar-refractivity contribution in [1.29, 1.82) is 0 Å². The van der Waals surface area contributed by atoms with Crippen molar-refractivity contribution in [2.45, 2.75) is 18.2 Å². The molecule has 0 radical (unpaired) electrons. The van der Waals surface area contributed by atoms with Gasteiger partial charge in [0.25, 0.3) is 0 Å². The second-order valence-electron chi connectivity index (χ2n) is 3.89. The Morgan fingerprint density at radius 2 is 2.47 bits per heavy atom. The van der Waals surface area contributed by atoms with E-state index in [1.807, 2.05) is 11.8 Å². The Hall–Kier alpha value is -1.15. The van der Waals surface area contributed by atoms with Crippen LogP contribution in [-0.2, 0) is 16.6 Å². The van der Waals surface area contributed by atoms with Gasteiger partial charge in [0, 0.05) is 20.1 Å². The molecule has 1 saturated heterocycles. The molecule has 1 aliphatic rings. The van der Waals surface area contributed by atoms with Crippen molar-refractivity contribution in [2.24, 2.45) is 7.05 Å². The van der Waals surface area contributed by atoms with Crippen molar-refractivity contribution in [1.82, 2.24) is 25.1 Å². The topological polar surface area (TPSA) is 73.1 Å². The summed E-state index contributed by atoms with van der Waals surface area (Å²) in [5.74, 6) is 0.467. The van der Waals surface area contributed by atoms with E-state index in [2.05, 4.69) is 15.5 Å². The molecule has 8 heteroatoms. The van der Waals surface area contributed by atoms with Crippen LogP contribution >= 0.6 is 11.8 Å². The molecule has 1 amide bonds. The number of carbonyl (C=O) groups is 1. The van der Waals surface area contributed by atoms with Crippen LogP contribution in [-0.4, -0.2) is 62.6 Å². The van der Waals surface area contributed by atoms with E-state index in [-0.39, 0.29) is 12.0 Å². The molecule has 2 rings (SSSR count). The van der Waals surface area contributed by atoms with Gasteiger partial charge in [0.15, 0.2) is 0 Å². The highest BCUT2D eigenvalue weighted by Gasteiger charge is 2.21. The van der Waals surface area contributed by atoms with Gasteiger partial charge in [-0.15, -0.1) is 5.10 Å².